The lowest BCUT2D eigenvalue weighted by Crippen LogP contribution is -2.30. The molecule has 3 N–H and O–H groups in total. The molecule has 3 rings (SSSR count). The summed E-state index contributed by atoms with van der Waals surface area (Å²) < 4.78 is 27.5. The summed E-state index contributed by atoms with van der Waals surface area (Å²) in [6.07, 6.45) is 2.97. The quantitative estimate of drug-likeness (QED) is 0.591. The van der Waals surface area contributed by atoms with E-state index in [0.29, 0.717) is 12.1 Å². The van der Waals surface area contributed by atoms with Crippen molar-refractivity contribution in [2.24, 2.45) is 0 Å². The van der Waals surface area contributed by atoms with Crippen LogP contribution in [0.2, 0.25) is 0 Å². The molecule has 0 atom stereocenters. The van der Waals surface area contributed by atoms with Gasteiger partial charge >= 0.3 is 0 Å². The summed E-state index contributed by atoms with van der Waals surface area (Å²) in [5.41, 5.74) is 1.51. The van der Waals surface area contributed by atoms with Crippen LogP contribution in [-0.4, -0.2) is 34.0 Å². The summed E-state index contributed by atoms with van der Waals surface area (Å²) in [4.78, 5) is 13.4. The zero-order chi connectivity index (χ0) is 18.4. The Morgan fingerprint density at radius 3 is 2.74 bits per heavy atom. The first-order valence-electron chi connectivity index (χ1n) is 8.33. The van der Waals surface area contributed by atoms with Crippen LogP contribution in [0.3, 0.4) is 0 Å². The number of rotatable bonds is 7. The first kappa shape index (κ1) is 21.6. The zero-order valence-electron chi connectivity index (χ0n) is 14.6. The minimum atomic E-state index is -3.67. The van der Waals surface area contributed by atoms with Gasteiger partial charge in [0.1, 0.15) is 0 Å². The van der Waals surface area contributed by atoms with Crippen LogP contribution in [0.4, 0.5) is 0 Å². The molecule has 1 aliphatic rings. The van der Waals surface area contributed by atoms with Crippen LogP contribution in [-0.2, 0) is 16.6 Å². The van der Waals surface area contributed by atoms with Crippen LogP contribution in [0.25, 0.3) is 0 Å². The number of amides is 1. The first-order chi connectivity index (χ1) is 12.5. The van der Waals surface area contributed by atoms with Crippen LogP contribution >= 0.6 is 23.7 Å². The molecule has 2 heterocycles. The Labute approximate surface area is 169 Å². The monoisotopic (exact) mass is 427 g/mol. The fourth-order valence-corrected chi connectivity index (χ4v) is 4.38. The third kappa shape index (κ3) is 6.15. The number of hydrogen-bond donors (Lipinski definition) is 3. The van der Waals surface area contributed by atoms with Gasteiger partial charge in [-0.25, -0.2) is 13.1 Å². The maximum atomic E-state index is 12.5. The Morgan fingerprint density at radius 1 is 1.19 bits per heavy atom. The molecule has 1 amide bonds. The van der Waals surface area contributed by atoms with E-state index in [-0.39, 0.29) is 29.8 Å². The number of carbonyl (C=O) groups excluding carboxylic acids is 1. The predicted molar refractivity (Wildman–Crippen MR) is 110 cm³/mol. The molecule has 0 saturated heterocycles. The van der Waals surface area contributed by atoms with Crippen LogP contribution in [0, 0.1) is 0 Å². The molecule has 6 nitrogen and oxygen atoms in total. The van der Waals surface area contributed by atoms with Crippen molar-refractivity contribution in [2.45, 2.75) is 17.9 Å². The molecule has 146 valence electrons. The van der Waals surface area contributed by atoms with E-state index in [0.717, 1.165) is 24.4 Å². The number of sulfonamides is 1. The molecule has 0 aliphatic carbocycles. The summed E-state index contributed by atoms with van der Waals surface area (Å²) in [5.74, 6) is -0.278. The minimum Gasteiger partial charge on any atom is -0.348 e. The van der Waals surface area contributed by atoms with Gasteiger partial charge in [0.25, 0.3) is 5.91 Å². The summed E-state index contributed by atoms with van der Waals surface area (Å²) in [7, 11) is -3.67. The molecule has 0 fully saturated rings. The third-order valence-corrected chi connectivity index (χ3v) is 6.33. The highest BCUT2D eigenvalue weighted by Gasteiger charge is 2.16. The second-order valence-corrected chi connectivity index (χ2v) is 8.73. The average molecular weight is 428 g/mol. The van der Waals surface area contributed by atoms with Crippen molar-refractivity contribution in [3.63, 3.8) is 0 Å². The minimum absolute atomic E-state index is 0. The van der Waals surface area contributed by atoms with Gasteiger partial charge in [-0.2, -0.15) is 0 Å². The van der Waals surface area contributed by atoms with Gasteiger partial charge in [-0.3, -0.25) is 4.79 Å². The molecule has 1 aromatic carbocycles. The summed E-state index contributed by atoms with van der Waals surface area (Å²) in [6, 6.07) is 9.83. The SMILES string of the molecule is Cl.O=C(NCC1=CCNCC1)c1cccc(S(=O)(=O)NCc2cccs2)c1. The molecule has 1 aliphatic heterocycles. The lowest BCUT2D eigenvalue weighted by atomic mass is 10.1. The number of benzene rings is 1. The van der Waals surface area contributed by atoms with Gasteiger partial charge in [0.15, 0.2) is 0 Å². The van der Waals surface area contributed by atoms with Crippen molar-refractivity contribution in [1.29, 1.82) is 0 Å². The number of nitrogens with one attached hydrogen (secondary N) is 3. The number of halogens is 1. The van der Waals surface area contributed by atoms with Crippen molar-refractivity contribution in [3.05, 3.63) is 63.9 Å². The molecule has 2 aromatic rings. The molecule has 1 aromatic heterocycles. The van der Waals surface area contributed by atoms with E-state index < -0.39 is 10.0 Å². The Bertz CT molecular complexity index is 896. The van der Waals surface area contributed by atoms with Gasteiger partial charge in [0, 0.05) is 30.1 Å². The van der Waals surface area contributed by atoms with Gasteiger partial charge in [-0.15, -0.1) is 23.7 Å². The van der Waals surface area contributed by atoms with Crippen LogP contribution < -0.4 is 15.4 Å². The number of carbonyl (C=O) groups is 1. The lowest BCUT2D eigenvalue weighted by Gasteiger charge is -2.14. The second-order valence-electron chi connectivity index (χ2n) is 5.93. The molecule has 27 heavy (non-hydrogen) atoms. The van der Waals surface area contributed by atoms with E-state index in [9.17, 15) is 13.2 Å². The van der Waals surface area contributed by atoms with E-state index in [1.54, 1.807) is 12.1 Å². The Balaban J connectivity index is 0.00000261. The summed E-state index contributed by atoms with van der Waals surface area (Å²) in [5, 5.41) is 7.97. The normalized spacial score (nSPS) is 14.1. The van der Waals surface area contributed by atoms with E-state index >= 15 is 0 Å². The fraction of sp³-hybridized carbons (Fsp3) is 0.278. The molecule has 0 spiro atoms. The predicted octanol–water partition coefficient (Wildman–Crippen LogP) is 2.30. The highest BCUT2D eigenvalue weighted by atomic mass is 35.5. The third-order valence-electron chi connectivity index (χ3n) is 4.06. The van der Waals surface area contributed by atoms with Crippen molar-refractivity contribution in [2.75, 3.05) is 19.6 Å². The van der Waals surface area contributed by atoms with E-state index in [1.807, 2.05) is 17.5 Å². The van der Waals surface area contributed by atoms with Crippen molar-refractivity contribution >= 4 is 39.7 Å². The van der Waals surface area contributed by atoms with E-state index in [4.69, 9.17) is 0 Å². The first-order valence-corrected chi connectivity index (χ1v) is 10.7. The van der Waals surface area contributed by atoms with Gasteiger partial charge in [0.2, 0.25) is 10.0 Å². The molecule has 0 unspecified atom stereocenters. The topological polar surface area (TPSA) is 87.3 Å². The summed E-state index contributed by atoms with van der Waals surface area (Å²) in [6.45, 7) is 2.44. The highest BCUT2D eigenvalue weighted by molar-refractivity contribution is 7.89. The van der Waals surface area contributed by atoms with Crippen LogP contribution in [0.1, 0.15) is 21.7 Å². The van der Waals surface area contributed by atoms with Crippen molar-refractivity contribution < 1.29 is 13.2 Å². The van der Waals surface area contributed by atoms with Gasteiger partial charge in [0.05, 0.1) is 4.90 Å². The maximum Gasteiger partial charge on any atom is 0.251 e. The van der Waals surface area contributed by atoms with E-state index in [1.165, 1.54) is 29.0 Å². The van der Waals surface area contributed by atoms with Crippen LogP contribution in [0.15, 0.2) is 58.3 Å². The molecular weight excluding hydrogens is 406 g/mol. The second kappa shape index (κ2) is 10.0. The fourth-order valence-electron chi connectivity index (χ4n) is 2.59. The van der Waals surface area contributed by atoms with E-state index in [2.05, 4.69) is 21.4 Å². The lowest BCUT2D eigenvalue weighted by molar-refractivity contribution is 0.0956. The zero-order valence-corrected chi connectivity index (χ0v) is 17.1. The van der Waals surface area contributed by atoms with Crippen LogP contribution in [0.5, 0.6) is 0 Å². The molecular formula is C18H22ClN3O3S2. The molecule has 0 radical (unpaired) electrons. The Kier molecular flexibility index (Phi) is 8.00. The van der Waals surface area contributed by atoms with Crippen molar-refractivity contribution in [1.82, 2.24) is 15.4 Å². The highest BCUT2D eigenvalue weighted by Crippen LogP contribution is 2.14. The number of hydrogen-bond acceptors (Lipinski definition) is 5. The maximum absolute atomic E-state index is 12.5. The molecule has 9 heteroatoms. The van der Waals surface area contributed by atoms with Gasteiger partial charge in [-0.05, 0) is 42.6 Å². The molecule has 0 bridgehead atoms. The average Bonchev–Trinajstić information content (AvgIpc) is 3.19. The summed E-state index contributed by atoms with van der Waals surface area (Å²) >= 11 is 1.49. The standard InChI is InChI=1S/C18H21N3O3S2.ClH/c22-18(20-12-14-6-8-19-9-7-14)15-3-1-5-17(11-15)26(23,24)21-13-16-4-2-10-25-16;/h1-6,10-11,19,21H,7-9,12-13H2,(H,20,22);1H. The molecule has 0 saturated carbocycles. The van der Waals surface area contributed by atoms with Gasteiger partial charge < -0.3 is 10.6 Å². The Hall–Kier alpha value is -1.71. The van der Waals surface area contributed by atoms with Crippen molar-refractivity contribution in [3.8, 4) is 0 Å². The Morgan fingerprint density at radius 2 is 2.04 bits per heavy atom. The number of thiophene rings is 1. The smallest absolute Gasteiger partial charge is 0.251 e. The largest absolute Gasteiger partial charge is 0.348 e. The van der Waals surface area contributed by atoms with Gasteiger partial charge in [-0.1, -0.05) is 23.8 Å².